The molecule has 0 saturated carbocycles. The molecule has 0 saturated heterocycles. The van der Waals surface area contributed by atoms with Gasteiger partial charge in [0.25, 0.3) is 5.91 Å². The van der Waals surface area contributed by atoms with Gasteiger partial charge in [-0.05, 0) is 36.8 Å². The zero-order valence-corrected chi connectivity index (χ0v) is 13.2. The molecule has 0 aliphatic carbocycles. The number of rotatable bonds is 5. The molecule has 0 fully saturated rings. The zero-order valence-electron chi connectivity index (χ0n) is 12.5. The molecule has 0 aliphatic rings. The van der Waals surface area contributed by atoms with E-state index in [1.165, 1.54) is 18.2 Å². The van der Waals surface area contributed by atoms with Crippen molar-refractivity contribution in [2.75, 3.05) is 6.54 Å². The van der Waals surface area contributed by atoms with Gasteiger partial charge in [-0.2, -0.15) is 0 Å². The van der Waals surface area contributed by atoms with Gasteiger partial charge in [-0.25, -0.2) is 4.39 Å². The van der Waals surface area contributed by atoms with E-state index in [0.29, 0.717) is 5.02 Å². The van der Waals surface area contributed by atoms with Gasteiger partial charge in [0.1, 0.15) is 5.82 Å². The fraction of sp³-hybridized carbons (Fsp3) is 0.176. The Morgan fingerprint density at radius 2 is 1.78 bits per heavy atom. The molecule has 0 heterocycles. The van der Waals surface area contributed by atoms with Crippen LogP contribution in [0.25, 0.3) is 0 Å². The van der Waals surface area contributed by atoms with Crippen molar-refractivity contribution in [3.63, 3.8) is 0 Å². The summed E-state index contributed by atoms with van der Waals surface area (Å²) in [5.41, 5.74) is 0.800. The van der Waals surface area contributed by atoms with Gasteiger partial charge in [0.05, 0.1) is 18.2 Å². The lowest BCUT2D eigenvalue weighted by Gasteiger charge is -2.15. The monoisotopic (exact) mass is 334 g/mol. The van der Waals surface area contributed by atoms with E-state index in [1.807, 2.05) is 19.1 Å². The molecule has 1 unspecified atom stereocenters. The predicted molar refractivity (Wildman–Crippen MR) is 86.7 cm³/mol. The maximum absolute atomic E-state index is 13.5. The highest BCUT2D eigenvalue weighted by Gasteiger charge is 2.13. The van der Waals surface area contributed by atoms with E-state index < -0.39 is 11.7 Å². The predicted octanol–water partition coefficient (Wildman–Crippen LogP) is 3.09. The second-order valence-electron chi connectivity index (χ2n) is 5.00. The van der Waals surface area contributed by atoms with Crippen LogP contribution in [0.1, 0.15) is 28.9 Å². The molecule has 2 amide bonds. The van der Waals surface area contributed by atoms with Crippen molar-refractivity contribution in [2.45, 2.75) is 13.0 Å². The molecule has 6 heteroatoms. The third-order valence-electron chi connectivity index (χ3n) is 3.28. The molecule has 0 aromatic heterocycles. The van der Waals surface area contributed by atoms with Crippen LogP contribution >= 0.6 is 11.6 Å². The number of carbonyl (C=O) groups is 2. The Kier molecular flexibility index (Phi) is 5.71. The molecule has 2 N–H and O–H groups in total. The van der Waals surface area contributed by atoms with Crippen LogP contribution in [0.15, 0.2) is 48.5 Å². The first-order valence-electron chi connectivity index (χ1n) is 7.05. The zero-order chi connectivity index (χ0) is 16.8. The summed E-state index contributed by atoms with van der Waals surface area (Å²) in [5.74, 6) is -1.62. The lowest BCUT2D eigenvalue weighted by molar-refractivity contribution is -0.120. The van der Waals surface area contributed by atoms with Crippen LogP contribution in [0.3, 0.4) is 0 Å². The number of carbonyl (C=O) groups excluding carboxylic acids is 2. The maximum Gasteiger partial charge on any atom is 0.254 e. The average molecular weight is 335 g/mol. The summed E-state index contributed by atoms with van der Waals surface area (Å²) in [6.07, 6.45) is 0. The van der Waals surface area contributed by atoms with E-state index >= 15 is 0 Å². The average Bonchev–Trinajstić information content (AvgIpc) is 2.53. The number of hydrogen-bond donors (Lipinski definition) is 2. The first-order chi connectivity index (χ1) is 11.0. The summed E-state index contributed by atoms with van der Waals surface area (Å²) in [6.45, 7) is 1.59. The number of nitrogens with one attached hydrogen (secondary N) is 2. The molecule has 0 bridgehead atoms. The lowest BCUT2D eigenvalue weighted by atomic mass is 10.1. The van der Waals surface area contributed by atoms with E-state index in [1.54, 1.807) is 18.2 Å². The van der Waals surface area contributed by atoms with Crippen LogP contribution in [0.2, 0.25) is 5.02 Å². The second kappa shape index (κ2) is 7.74. The van der Waals surface area contributed by atoms with Crippen LogP contribution in [-0.4, -0.2) is 18.4 Å². The lowest BCUT2D eigenvalue weighted by Crippen LogP contribution is -2.38. The third kappa shape index (κ3) is 4.79. The van der Waals surface area contributed by atoms with Crippen LogP contribution in [0.4, 0.5) is 4.39 Å². The highest BCUT2D eigenvalue weighted by atomic mass is 35.5. The largest absolute Gasteiger partial charge is 0.348 e. The van der Waals surface area contributed by atoms with Gasteiger partial charge in [-0.1, -0.05) is 35.9 Å². The summed E-state index contributed by atoms with van der Waals surface area (Å²) in [5, 5.41) is 5.76. The number of amides is 2. The molecule has 0 radical (unpaired) electrons. The fourth-order valence-electron chi connectivity index (χ4n) is 2.03. The van der Waals surface area contributed by atoms with E-state index in [-0.39, 0.29) is 24.1 Å². The SMILES string of the molecule is CC(NC(=O)CNC(=O)c1ccccc1F)c1ccc(Cl)cc1. The molecule has 120 valence electrons. The summed E-state index contributed by atoms with van der Waals surface area (Å²) < 4.78 is 13.5. The summed E-state index contributed by atoms with van der Waals surface area (Å²) in [7, 11) is 0. The Labute approximate surface area is 138 Å². The number of hydrogen-bond acceptors (Lipinski definition) is 2. The minimum Gasteiger partial charge on any atom is -0.348 e. The van der Waals surface area contributed by atoms with E-state index in [9.17, 15) is 14.0 Å². The Balaban J connectivity index is 1.86. The molecule has 0 aliphatic heterocycles. The van der Waals surface area contributed by atoms with Crippen LogP contribution in [0.5, 0.6) is 0 Å². The Morgan fingerprint density at radius 1 is 1.13 bits per heavy atom. The van der Waals surface area contributed by atoms with Crippen molar-refractivity contribution >= 4 is 23.4 Å². The molecule has 1 atom stereocenters. The molecule has 2 aromatic rings. The van der Waals surface area contributed by atoms with Gasteiger partial charge < -0.3 is 10.6 Å². The summed E-state index contributed by atoms with van der Waals surface area (Å²) in [6, 6.07) is 12.5. The van der Waals surface area contributed by atoms with Crippen molar-refractivity contribution in [2.24, 2.45) is 0 Å². The van der Waals surface area contributed by atoms with E-state index in [2.05, 4.69) is 10.6 Å². The molecular weight excluding hydrogens is 319 g/mol. The first-order valence-corrected chi connectivity index (χ1v) is 7.42. The third-order valence-corrected chi connectivity index (χ3v) is 3.53. The quantitative estimate of drug-likeness (QED) is 0.882. The second-order valence-corrected chi connectivity index (χ2v) is 5.44. The first kappa shape index (κ1) is 17.0. The fourth-order valence-corrected chi connectivity index (χ4v) is 2.15. The van der Waals surface area contributed by atoms with Crippen molar-refractivity contribution in [3.8, 4) is 0 Å². The van der Waals surface area contributed by atoms with Gasteiger partial charge in [-0.15, -0.1) is 0 Å². The number of benzene rings is 2. The minimum atomic E-state index is -0.627. The van der Waals surface area contributed by atoms with Gasteiger partial charge in [0.2, 0.25) is 5.91 Å². The van der Waals surface area contributed by atoms with Crippen LogP contribution < -0.4 is 10.6 Å². The van der Waals surface area contributed by atoms with Crippen molar-refractivity contribution in [1.29, 1.82) is 0 Å². The van der Waals surface area contributed by atoms with E-state index in [4.69, 9.17) is 11.6 Å². The van der Waals surface area contributed by atoms with Crippen LogP contribution in [0, 0.1) is 5.82 Å². The molecule has 0 spiro atoms. The highest BCUT2D eigenvalue weighted by Crippen LogP contribution is 2.15. The number of halogens is 2. The normalized spacial score (nSPS) is 11.6. The van der Waals surface area contributed by atoms with Crippen molar-refractivity contribution in [1.82, 2.24) is 10.6 Å². The maximum atomic E-state index is 13.5. The highest BCUT2D eigenvalue weighted by molar-refractivity contribution is 6.30. The van der Waals surface area contributed by atoms with Crippen molar-refractivity contribution < 1.29 is 14.0 Å². The molecular formula is C17H16ClFN2O2. The standard InChI is InChI=1S/C17H16ClFN2O2/c1-11(12-6-8-13(18)9-7-12)21-16(22)10-20-17(23)14-4-2-3-5-15(14)19/h2-9,11H,10H2,1H3,(H,20,23)(H,21,22). The van der Waals surface area contributed by atoms with Crippen LogP contribution in [-0.2, 0) is 4.79 Å². The molecule has 2 aromatic carbocycles. The molecule has 4 nitrogen and oxygen atoms in total. The smallest absolute Gasteiger partial charge is 0.254 e. The molecule has 23 heavy (non-hydrogen) atoms. The van der Waals surface area contributed by atoms with Gasteiger partial charge >= 0.3 is 0 Å². The summed E-state index contributed by atoms with van der Waals surface area (Å²) >= 11 is 5.81. The van der Waals surface area contributed by atoms with Gasteiger partial charge in [0, 0.05) is 5.02 Å². The Hall–Kier alpha value is -2.40. The van der Waals surface area contributed by atoms with E-state index in [0.717, 1.165) is 5.56 Å². The summed E-state index contributed by atoms with van der Waals surface area (Å²) in [4.78, 5) is 23.7. The van der Waals surface area contributed by atoms with Crippen molar-refractivity contribution in [3.05, 3.63) is 70.5 Å². The Morgan fingerprint density at radius 3 is 2.43 bits per heavy atom. The topological polar surface area (TPSA) is 58.2 Å². The van der Waals surface area contributed by atoms with Gasteiger partial charge in [-0.3, -0.25) is 9.59 Å². The van der Waals surface area contributed by atoms with Gasteiger partial charge in [0.15, 0.2) is 0 Å². The minimum absolute atomic E-state index is 0.0916. The Bertz CT molecular complexity index is 704. The molecule has 2 rings (SSSR count).